The topological polar surface area (TPSA) is 37.3 Å². The number of carbonyl (C=O) groups excluding carboxylic acids is 1. The highest BCUT2D eigenvalue weighted by Crippen LogP contribution is 2.20. The van der Waals surface area contributed by atoms with E-state index in [0.29, 0.717) is 12.0 Å². The number of rotatable bonds is 4. The molecule has 0 aliphatic carbocycles. The summed E-state index contributed by atoms with van der Waals surface area (Å²) in [7, 11) is 0. The van der Waals surface area contributed by atoms with Crippen LogP contribution in [0.25, 0.3) is 6.08 Å². The van der Waals surface area contributed by atoms with Crippen molar-refractivity contribution in [2.45, 2.75) is 26.4 Å². The van der Waals surface area contributed by atoms with Gasteiger partial charge < -0.3 is 5.11 Å². The van der Waals surface area contributed by atoms with Gasteiger partial charge in [0.05, 0.1) is 0 Å². The van der Waals surface area contributed by atoms with E-state index in [1.165, 1.54) is 0 Å². The number of ketones is 1. The van der Waals surface area contributed by atoms with E-state index in [-0.39, 0.29) is 5.78 Å². The second-order valence-electron chi connectivity index (χ2n) is 3.35. The Morgan fingerprint density at radius 1 is 1.47 bits per heavy atom. The van der Waals surface area contributed by atoms with E-state index in [4.69, 9.17) is 0 Å². The van der Waals surface area contributed by atoms with Gasteiger partial charge in [-0.25, -0.2) is 0 Å². The van der Waals surface area contributed by atoms with Crippen LogP contribution in [0.4, 0.5) is 0 Å². The van der Waals surface area contributed by atoms with E-state index in [9.17, 15) is 9.90 Å². The van der Waals surface area contributed by atoms with Gasteiger partial charge in [-0.15, -0.1) is 0 Å². The summed E-state index contributed by atoms with van der Waals surface area (Å²) in [5.74, 6) is -0.146. The minimum atomic E-state index is -0.998. The molecule has 1 N–H and O–H groups in total. The Kier molecular flexibility index (Phi) is 4.25. The Morgan fingerprint density at radius 2 is 2.13 bits per heavy atom. The minimum Gasteiger partial charge on any atom is -0.381 e. The first-order chi connectivity index (χ1) is 7.20. The van der Waals surface area contributed by atoms with Crippen molar-refractivity contribution in [3.05, 3.63) is 41.5 Å². The lowest BCUT2D eigenvalue weighted by Crippen LogP contribution is -2.11. The summed E-state index contributed by atoms with van der Waals surface area (Å²) in [5.41, 5.74) is 1.58. The van der Waals surface area contributed by atoms with Crippen molar-refractivity contribution in [3.63, 3.8) is 0 Å². The molecule has 0 aliphatic rings. The summed E-state index contributed by atoms with van der Waals surface area (Å²) < 4.78 is 0. The lowest BCUT2D eigenvalue weighted by atomic mass is 9.98. The zero-order chi connectivity index (χ0) is 11.3. The molecule has 80 valence electrons. The number of hydrogen-bond acceptors (Lipinski definition) is 2. The van der Waals surface area contributed by atoms with E-state index < -0.39 is 6.10 Å². The van der Waals surface area contributed by atoms with Crippen LogP contribution in [-0.4, -0.2) is 10.9 Å². The van der Waals surface area contributed by atoms with Gasteiger partial charge in [-0.1, -0.05) is 43.3 Å². The Labute approximate surface area is 90.3 Å². The van der Waals surface area contributed by atoms with Crippen LogP contribution in [-0.2, 0) is 4.79 Å². The third kappa shape index (κ3) is 2.77. The molecule has 0 saturated carbocycles. The van der Waals surface area contributed by atoms with Gasteiger partial charge in [-0.05, 0) is 18.1 Å². The number of Topliss-reactive ketones (excluding diaryl/α,β-unsaturated/α-hetero) is 1. The van der Waals surface area contributed by atoms with Gasteiger partial charge in [0.2, 0.25) is 0 Å². The first-order valence-corrected chi connectivity index (χ1v) is 5.13. The normalized spacial score (nSPS) is 13.0. The molecule has 2 heteroatoms. The molecule has 1 atom stereocenters. The number of benzene rings is 1. The highest BCUT2D eigenvalue weighted by Gasteiger charge is 2.16. The second kappa shape index (κ2) is 5.47. The molecule has 1 aromatic carbocycles. The molecule has 0 radical (unpaired) electrons. The van der Waals surface area contributed by atoms with Crippen molar-refractivity contribution in [2.75, 3.05) is 0 Å². The van der Waals surface area contributed by atoms with E-state index >= 15 is 0 Å². The van der Waals surface area contributed by atoms with Crippen LogP contribution in [0.3, 0.4) is 0 Å². The monoisotopic (exact) mass is 204 g/mol. The maximum Gasteiger partial charge on any atom is 0.165 e. The van der Waals surface area contributed by atoms with E-state index in [1.807, 2.05) is 37.3 Å². The number of allylic oxidation sites excluding steroid dienone is 1. The predicted octanol–water partition coefficient (Wildman–Crippen LogP) is 2.73. The average Bonchev–Trinajstić information content (AvgIpc) is 2.28. The lowest BCUT2D eigenvalue weighted by Gasteiger charge is -2.11. The second-order valence-corrected chi connectivity index (χ2v) is 3.35. The zero-order valence-corrected chi connectivity index (χ0v) is 9.10. The first kappa shape index (κ1) is 11.7. The van der Waals surface area contributed by atoms with Crippen molar-refractivity contribution >= 4 is 11.9 Å². The van der Waals surface area contributed by atoms with Gasteiger partial charge in [0.1, 0.15) is 6.10 Å². The quantitative estimate of drug-likeness (QED) is 0.818. The van der Waals surface area contributed by atoms with Crippen LogP contribution in [0.1, 0.15) is 37.5 Å². The fraction of sp³-hybridized carbons (Fsp3) is 0.308. The largest absolute Gasteiger partial charge is 0.381 e. The van der Waals surface area contributed by atoms with Crippen LogP contribution >= 0.6 is 0 Å². The Bertz CT molecular complexity index is 367. The summed E-state index contributed by atoms with van der Waals surface area (Å²) >= 11 is 0. The minimum absolute atomic E-state index is 0.146. The molecule has 0 aromatic heterocycles. The summed E-state index contributed by atoms with van der Waals surface area (Å²) in [6.07, 6.45) is 3.14. The standard InChI is InChI=1S/C13H16O2/c1-3-7-10-8-5-6-9-11(10)13(15)12(14)4-2/h3,5-9,13,15H,4H2,1-2H3. The van der Waals surface area contributed by atoms with Gasteiger partial charge in [-0.3, -0.25) is 4.79 Å². The Hall–Kier alpha value is -1.41. The molecule has 0 heterocycles. The average molecular weight is 204 g/mol. The molecule has 2 nitrogen and oxygen atoms in total. The van der Waals surface area contributed by atoms with Crippen molar-refractivity contribution in [2.24, 2.45) is 0 Å². The summed E-state index contributed by atoms with van der Waals surface area (Å²) in [6.45, 7) is 3.66. The maximum absolute atomic E-state index is 11.4. The lowest BCUT2D eigenvalue weighted by molar-refractivity contribution is -0.127. The molecular formula is C13H16O2. The highest BCUT2D eigenvalue weighted by molar-refractivity contribution is 5.84. The molecule has 1 rings (SSSR count). The Balaban J connectivity index is 3.07. The third-order valence-corrected chi connectivity index (χ3v) is 2.29. The third-order valence-electron chi connectivity index (χ3n) is 2.29. The molecular weight excluding hydrogens is 188 g/mol. The maximum atomic E-state index is 11.4. The number of aliphatic hydroxyl groups excluding tert-OH is 1. The smallest absolute Gasteiger partial charge is 0.165 e. The van der Waals surface area contributed by atoms with Gasteiger partial charge >= 0.3 is 0 Å². The van der Waals surface area contributed by atoms with Gasteiger partial charge in [0.25, 0.3) is 0 Å². The molecule has 0 bridgehead atoms. The van der Waals surface area contributed by atoms with Crippen LogP contribution in [0.5, 0.6) is 0 Å². The molecule has 0 saturated heterocycles. The van der Waals surface area contributed by atoms with Crippen molar-refractivity contribution in [3.8, 4) is 0 Å². The van der Waals surface area contributed by atoms with Crippen LogP contribution in [0.15, 0.2) is 30.3 Å². The fourth-order valence-corrected chi connectivity index (χ4v) is 1.46. The number of carbonyl (C=O) groups is 1. The van der Waals surface area contributed by atoms with Gasteiger partial charge in [0.15, 0.2) is 5.78 Å². The van der Waals surface area contributed by atoms with Crippen molar-refractivity contribution in [1.29, 1.82) is 0 Å². The molecule has 1 aromatic rings. The number of hydrogen-bond donors (Lipinski definition) is 1. The van der Waals surface area contributed by atoms with Crippen LogP contribution in [0, 0.1) is 0 Å². The van der Waals surface area contributed by atoms with E-state index in [0.717, 1.165) is 5.56 Å². The first-order valence-electron chi connectivity index (χ1n) is 5.13. The number of aliphatic hydroxyl groups is 1. The molecule has 0 amide bonds. The zero-order valence-electron chi connectivity index (χ0n) is 9.10. The molecule has 0 aliphatic heterocycles. The SMILES string of the molecule is CC=Cc1ccccc1C(O)C(=O)CC. The van der Waals surface area contributed by atoms with Crippen LogP contribution < -0.4 is 0 Å². The molecule has 0 fully saturated rings. The molecule has 1 unspecified atom stereocenters. The van der Waals surface area contributed by atoms with Gasteiger partial charge in [-0.2, -0.15) is 0 Å². The van der Waals surface area contributed by atoms with Crippen molar-refractivity contribution in [1.82, 2.24) is 0 Å². The summed E-state index contributed by atoms with van der Waals surface area (Å²) in [6, 6.07) is 7.39. The predicted molar refractivity (Wildman–Crippen MR) is 61.4 cm³/mol. The van der Waals surface area contributed by atoms with Gasteiger partial charge in [0, 0.05) is 6.42 Å². The summed E-state index contributed by atoms with van der Waals surface area (Å²) in [4.78, 5) is 11.4. The Morgan fingerprint density at radius 3 is 2.73 bits per heavy atom. The molecule has 15 heavy (non-hydrogen) atoms. The van der Waals surface area contributed by atoms with Crippen molar-refractivity contribution < 1.29 is 9.90 Å². The van der Waals surface area contributed by atoms with E-state index in [1.54, 1.807) is 13.0 Å². The van der Waals surface area contributed by atoms with Crippen LogP contribution in [0.2, 0.25) is 0 Å². The molecule has 0 spiro atoms. The fourth-order valence-electron chi connectivity index (χ4n) is 1.46. The summed E-state index contributed by atoms with van der Waals surface area (Å²) in [5, 5.41) is 9.81. The van der Waals surface area contributed by atoms with E-state index in [2.05, 4.69) is 0 Å². The highest BCUT2D eigenvalue weighted by atomic mass is 16.3.